The zero-order chi connectivity index (χ0) is 31.8. The van der Waals surface area contributed by atoms with Gasteiger partial charge in [0.1, 0.15) is 11.6 Å². The first-order valence-electron chi connectivity index (χ1n) is 16.5. The predicted octanol–water partition coefficient (Wildman–Crippen LogP) is 8.77. The van der Waals surface area contributed by atoms with Gasteiger partial charge in [0.2, 0.25) is 0 Å². The smallest absolute Gasteiger partial charge is 0.519 e. The Labute approximate surface area is 279 Å². The lowest BCUT2D eigenvalue weighted by atomic mass is 9.64. The summed E-state index contributed by atoms with van der Waals surface area (Å²) in [5, 5.41) is 2.43. The molecule has 6 aromatic carbocycles. The highest BCUT2D eigenvalue weighted by atomic mass is 16.5. The van der Waals surface area contributed by atoms with Crippen molar-refractivity contribution in [3.05, 3.63) is 186 Å². The molecule has 0 unspecified atom stereocenters. The summed E-state index contributed by atoms with van der Waals surface area (Å²) in [5.74, 6) is 1.82. The molecule has 0 saturated carbocycles. The quantitative estimate of drug-likeness (QED) is 0.186. The molecular formula is C43H30BN3O. The normalized spacial score (nSPS) is 14.2. The lowest BCUT2D eigenvalue weighted by Gasteiger charge is -2.34. The van der Waals surface area contributed by atoms with E-state index in [0.29, 0.717) is 0 Å². The number of hydrogen-bond acceptors (Lipinski definition) is 3. The molecule has 8 aromatic rings. The lowest BCUT2D eigenvalue weighted by molar-refractivity contribution is 0.602. The average Bonchev–Trinajstić information content (AvgIpc) is 3.78. The molecule has 2 aromatic heterocycles. The van der Waals surface area contributed by atoms with Crippen LogP contribution in [0.1, 0.15) is 22.3 Å². The van der Waals surface area contributed by atoms with Crippen molar-refractivity contribution < 1.29 is 4.65 Å². The van der Waals surface area contributed by atoms with E-state index in [0.717, 1.165) is 33.8 Å². The molecule has 0 amide bonds. The predicted molar refractivity (Wildman–Crippen MR) is 197 cm³/mol. The molecule has 0 bridgehead atoms. The van der Waals surface area contributed by atoms with Crippen molar-refractivity contribution in [2.24, 2.45) is 0 Å². The summed E-state index contributed by atoms with van der Waals surface area (Å²) in [4.78, 5) is 7.05. The Hall–Kier alpha value is -6.07. The van der Waals surface area contributed by atoms with Gasteiger partial charge in [-0.15, -0.1) is 0 Å². The van der Waals surface area contributed by atoms with Crippen LogP contribution in [0.4, 0.5) is 5.69 Å². The van der Waals surface area contributed by atoms with Gasteiger partial charge >= 0.3 is 7.05 Å². The third-order valence-electron chi connectivity index (χ3n) is 10.4. The van der Waals surface area contributed by atoms with Gasteiger partial charge < -0.3 is 9.47 Å². The molecule has 2 aliphatic rings. The SMILES string of the molecule is CN1B(c2cccc(C3(c4ccc5c6ccccc6n(-c6ccccn6)c5c4)c4ccccc4-c4ccccc43)c2)Oc2ccccc21. The number of rotatable bonds is 4. The molecule has 226 valence electrons. The second-order valence-electron chi connectivity index (χ2n) is 12.8. The van der Waals surface area contributed by atoms with Gasteiger partial charge in [-0.3, -0.25) is 4.57 Å². The van der Waals surface area contributed by atoms with Gasteiger partial charge in [0, 0.05) is 17.0 Å². The number of hydrogen-bond donors (Lipinski definition) is 0. The minimum atomic E-state index is -0.563. The van der Waals surface area contributed by atoms with Gasteiger partial charge in [-0.05, 0) is 82.3 Å². The Morgan fingerprint density at radius 3 is 2.06 bits per heavy atom. The second kappa shape index (κ2) is 10.2. The van der Waals surface area contributed by atoms with Crippen molar-refractivity contribution in [1.29, 1.82) is 0 Å². The zero-order valence-corrected chi connectivity index (χ0v) is 26.4. The molecular weight excluding hydrogens is 585 g/mol. The van der Waals surface area contributed by atoms with E-state index in [1.54, 1.807) is 0 Å². The number of benzene rings is 6. The van der Waals surface area contributed by atoms with Crippen LogP contribution in [0.2, 0.25) is 0 Å². The van der Waals surface area contributed by atoms with Gasteiger partial charge in [0.05, 0.1) is 22.1 Å². The highest BCUT2D eigenvalue weighted by Gasteiger charge is 2.47. The minimum Gasteiger partial charge on any atom is -0.536 e. The maximum absolute atomic E-state index is 6.57. The van der Waals surface area contributed by atoms with Crippen molar-refractivity contribution in [2.45, 2.75) is 5.41 Å². The van der Waals surface area contributed by atoms with E-state index < -0.39 is 5.41 Å². The van der Waals surface area contributed by atoms with Crippen LogP contribution >= 0.6 is 0 Å². The molecule has 0 N–H and O–H groups in total. The van der Waals surface area contributed by atoms with E-state index in [4.69, 9.17) is 9.64 Å². The van der Waals surface area contributed by atoms with E-state index in [1.807, 2.05) is 18.3 Å². The summed E-state index contributed by atoms with van der Waals surface area (Å²) in [5.41, 5.74) is 11.5. The molecule has 4 nitrogen and oxygen atoms in total. The van der Waals surface area contributed by atoms with Crippen molar-refractivity contribution in [3.63, 3.8) is 0 Å². The van der Waals surface area contributed by atoms with Crippen molar-refractivity contribution >= 4 is 40.0 Å². The van der Waals surface area contributed by atoms with Crippen LogP contribution in [0.15, 0.2) is 164 Å². The Morgan fingerprint density at radius 2 is 1.27 bits per heavy atom. The Kier molecular flexibility index (Phi) is 5.77. The molecule has 0 spiro atoms. The average molecular weight is 616 g/mol. The van der Waals surface area contributed by atoms with Crippen molar-refractivity contribution in [3.8, 4) is 22.7 Å². The third-order valence-corrected chi connectivity index (χ3v) is 10.4. The Balaban J connectivity index is 1.27. The number of nitrogens with zero attached hydrogens (tertiary/aromatic N) is 3. The van der Waals surface area contributed by atoms with E-state index >= 15 is 0 Å². The monoisotopic (exact) mass is 615 g/mol. The highest BCUT2D eigenvalue weighted by Crippen LogP contribution is 2.56. The maximum Gasteiger partial charge on any atom is 0.519 e. The van der Waals surface area contributed by atoms with Gasteiger partial charge in [0.15, 0.2) is 0 Å². The van der Waals surface area contributed by atoms with Crippen LogP contribution in [-0.2, 0) is 5.41 Å². The number of anilines is 1. The Bertz CT molecular complexity index is 2490. The molecule has 1 aliphatic heterocycles. The molecule has 0 radical (unpaired) electrons. The minimum absolute atomic E-state index is 0.222. The van der Waals surface area contributed by atoms with Crippen LogP contribution in [0, 0.1) is 0 Å². The van der Waals surface area contributed by atoms with Gasteiger partial charge in [-0.1, -0.05) is 121 Å². The first-order valence-corrected chi connectivity index (χ1v) is 16.5. The number of para-hydroxylation sites is 3. The maximum atomic E-state index is 6.57. The van der Waals surface area contributed by atoms with Gasteiger partial charge in [-0.2, -0.15) is 0 Å². The van der Waals surface area contributed by atoms with Crippen LogP contribution in [0.3, 0.4) is 0 Å². The second-order valence-corrected chi connectivity index (χ2v) is 12.8. The van der Waals surface area contributed by atoms with Gasteiger partial charge in [0.25, 0.3) is 0 Å². The molecule has 0 atom stereocenters. The first kappa shape index (κ1) is 27.1. The molecule has 5 heteroatoms. The standard InChI is InChI=1S/C43H30BN3O/c1-46-39-21-8-9-22-41(39)48-44(46)31-14-12-13-29(27-31)43(36-18-5-2-15-32(36)33-16-3-6-19-37(33)43)30-24-25-35-34-17-4-7-20-38(34)47(40(35)28-30)42-23-10-11-26-45-42/h2-28H,1H3. The molecule has 3 heterocycles. The summed E-state index contributed by atoms with van der Waals surface area (Å²) in [6, 6.07) is 57.0. The van der Waals surface area contributed by atoms with Crippen LogP contribution in [0.25, 0.3) is 38.8 Å². The summed E-state index contributed by atoms with van der Waals surface area (Å²) in [7, 11) is 1.89. The summed E-state index contributed by atoms with van der Waals surface area (Å²) in [6.45, 7) is 0. The zero-order valence-electron chi connectivity index (χ0n) is 26.4. The topological polar surface area (TPSA) is 30.3 Å². The molecule has 48 heavy (non-hydrogen) atoms. The molecule has 0 fully saturated rings. The van der Waals surface area contributed by atoms with E-state index in [9.17, 15) is 0 Å². The van der Waals surface area contributed by atoms with Crippen molar-refractivity contribution in [2.75, 3.05) is 11.9 Å². The van der Waals surface area contributed by atoms with E-state index in [-0.39, 0.29) is 7.05 Å². The summed E-state index contributed by atoms with van der Waals surface area (Å²) in [6.07, 6.45) is 1.87. The van der Waals surface area contributed by atoms with E-state index in [1.165, 1.54) is 44.2 Å². The van der Waals surface area contributed by atoms with Crippen LogP contribution in [-0.4, -0.2) is 23.6 Å². The summed E-state index contributed by atoms with van der Waals surface area (Å²) < 4.78 is 8.88. The fourth-order valence-corrected chi connectivity index (χ4v) is 8.35. The fourth-order valence-electron chi connectivity index (χ4n) is 8.35. The van der Waals surface area contributed by atoms with Crippen LogP contribution < -0.4 is 14.9 Å². The fraction of sp³-hybridized carbons (Fsp3) is 0.0465. The molecule has 0 saturated heterocycles. The lowest BCUT2D eigenvalue weighted by Crippen LogP contribution is -2.48. The number of aromatic nitrogens is 2. The largest absolute Gasteiger partial charge is 0.536 e. The van der Waals surface area contributed by atoms with Gasteiger partial charge in [-0.25, -0.2) is 4.98 Å². The van der Waals surface area contributed by atoms with E-state index in [2.05, 4.69) is 162 Å². The third kappa shape index (κ3) is 3.64. The first-order chi connectivity index (χ1) is 23.7. The molecule has 1 aliphatic carbocycles. The van der Waals surface area contributed by atoms with Crippen molar-refractivity contribution in [1.82, 2.24) is 9.55 Å². The number of pyridine rings is 1. The van der Waals surface area contributed by atoms with Crippen LogP contribution in [0.5, 0.6) is 5.75 Å². The molecule has 10 rings (SSSR count). The number of fused-ring (bicyclic) bond motifs is 7. The summed E-state index contributed by atoms with van der Waals surface area (Å²) >= 11 is 0. The highest BCUT2D eigenvalue weighted by molar-refractivity contribution is 6.73. The Morgan fingerprint density at radius 1 is 0.583 bits per heavy atom.